The van der Waals surface area contributed by atoms with Crippen LogP contribution in [0.5, 0.6) is 0 Å². The third-order valence-electron chi connectivity index (χ3n) is 2.78. The van der Waals surface area contributed by atoms with Crippen LogP contribution in [0.3, 0.4) is 0 Å². The van der Waals surface area contributed by atoms with Crippen LogP contribution in [0.25, 0.3) is 0 Å². The number of anilines is 3. The van der Waals surface area contributed by atoms with E-state index in [0.29, 0.717) is 22.6 Å². The van der Waals surface area contributed by atoms with Crippen LogP contribution in [-0.4, -0.2) is 13.1 Å². The molecule has 0 aliphatic carbocycles. The van der Waals surface area contributed by atoms with Crippen LogP contribution in [0, 0.1) is 11.3 Å². The molecule has 2 aromatic carbocycles. The highest BCUT2D eigenvalue weighted by atomic mass is 35.5. The van der Waals surface area contributed by atoms with Gasteiger partial charge in [-0.05, 0) is 30.3 Å². The minimum Gasteiger partial charge on any atom is -0.465 e. The van der Waals surface area contributed by atoms with Crippen LogP contribution in [0.2, 0.25) is 5.02 Å². The number of nitriles is 1. The Labute approximate surface area is 126 Å². The highest BCUT2D eigenvalue weighted by Crippen LogP contribution is 2.32. The van der Waals surface area contributed by atoms with Gasteiger partial charge in [0.1, 0.15) is 0 Å². The van der Waals surface area contributed by atoms with Gasteiger partial charge in [-0.1, -0.05) is 17.7 Å². The molecule has 0 saturated carbocycles. The smallest absolute Gasteiger partial charge is 0.340 e. The number of carbonyl (C=O) groups excluding carboxylic acids is 1. The maximum absolute atomic E-state index is 11.8. The average molecular weight is 302 g/mol. The molecular formula is C15H12ClN3O2. The number of nitrogen functional groups attached to an aromatic ring is 1. The summed E-state index contributed by atoms with van der Waals surface area (Å²) < 4.78 is 4.72. The Morgan fingerprint density at radius 3 is 2.81 bits per heavy atom. The molecule has 0 unspecified atom stereocenters. The standard InChI is InChI=1S/C15H12ClN3O2/c1-21-15(20)12-6-10(18)7-13(16)14(12)19-11-4-2-3-9(5-11)8-17/h2-7,19H,18H2,1H3. The molecule has 0 bridgehead atoms. The van der Waals surface area contributed by atoms with Crippen LogP contribution < -0.4 is 11.1 Å². The molecule has 0 radical (unpaired) electrons. The van der Waals surface area contributed by atoms with Crippen molar-refractivity contribution in [2.24, 2.45) is 0 Å². The van der Waals surface area contributed by atoms with Crippen molar-refractivity contribution in [1.82, 2.24) is 0 Å². The first-order chi connectivity index (χ1) is 10.0. The first-order valence-electron chi connectivity index (χ1n) is 5.99. The Morgan fingerprint density at radius 1 is 1.38 bits per heavy atom. The lowest BCUT2D eigenvalue weighted by molar-refractivity contribution is 0.0602. The fourth-order valence-electron chi connectivity index (χ4n) is 1.84. The Morgan fingerprint density at radius 2 is 2.14 bits per heavy atom. The number of hydrogen-bond acceptors (Lipinski definition) is 5. The van der Waals surface area contributed by atoms with Gasteiger partial charge in [-0.3, -0.25) is 0 Å². The molecular weight excluding hydrogens is 290 g/mol. The van der Waals surface area contributed by atoms with Gasteiger partial charge in [-0.15, -0.1) is 0 Å². The first kappa shape index (κ1) is 14.7. The number of rotatable bonds is 3. The van der Waals surface area contributed by atoms with Crippen molar-refractivity contribution in [3.63, 3.8) is 0 Å². The van der Waals surface area contributed by atoms with E-state index < -0.39 is 5.97 Å². The number of ether oxygens (including phenoxy) is 1. The Hall–Kier alpha value is -2.71. The van der Waals surface area contributed by atoms with Gasteiger partial charge in [0.2, 0.25) is 0 Å². The minimum atomic E-state index is -0.553. The van der Waals surface area contributed by atoms with Gasteiger partial charge >= 0.3 is 5.97 Å². The fraction of sp³-hybridized carbons (Fsp3) is 0.0667. The number of nitrogens with zero attached hydrogens (tertiary/aromatic N) is 1. The Kier molecular flexibility index (Phi) is 4.31. The SMILES string of the molecule is COC(=O)c1cc(N)cc(Cl)c1Nc1cccc(C#N)c1. The number of carbonyl (C=O) groups is 1. The van der Waals surface area contributed by atoms with Crippen molar-refractivity contribution in [2.75, 3.05) is 18.2 Å². The summed E-state index contributed by atoms with van der Waals surface area (Å²) >= 11 is 6.14. The normalized spacial score (nSPS) is 9.76. The summed E-state index contributed by atoms with van der Waals surface area (Å²) in [5.74, 6) is -0.553. The zero-order chi connectivity index (χ0) is 15.4. The molecule has 0 aliphatic heterocycles. The van der Waals surface area contributed by atoms with Crippen LogP contribution in [0.4, 0.5) is 17.1 Å². The van der Waals surface area contributed by atoms with Crippen molar-refractivity contribution in [3.05, 3.63) is 52.5 Å². The van der Waals surface area contributed by atoms with E-state index in [9.17, 15) is 4.79 Å². The van der Waals surface area contributed by atoms with E-state index in [-0.39, 0.29) is 10.6 Å². The molecule has 0 aliphatic rings. The summed E-state index contributed by atoms with van der Waals surface area (Å²) in [6, 6.07) is 11.9. The fourth-order valence-corrected chi connectivity index (χ4v) is 2.11. The molecule has 0 fully saturated rings. The number of methoxy groups -OCH3 is 1. The van der Waals surface area contributed by atoms with Crippen molar-refractivity contribution >= 4 is 34.6 Å². The lowest BCUT2D eigenvalue weighted by Gasteiger charge is -2.13. The minimum absolute atomic E-state index is 0.227. The van der Waals surface area contributed by atoms with E-state index in [2.05, 4.69) is 5.32 Å². The number of hydrogen-bond donors (Lipinski definition) is 2. The molecule has 2 aromatic rings. The monoisotopic (exact) mass is 301 g/mol. The maximum Gasteiger partial charge on any atom is 0.340 e. The summed E-state index contributed by atoms with van der Waals surface area (Å²) in [5, 5.41) is 12.2. The highest BCUT2D eigenvalue weighted by molar-refractivity contribution is 6.34. The van der Waals surface area contributed by atoms with Gasteiger partial charge in [0, 0.05) is 11.4 Å². The molecule has 0 spiro atoms. The molecule has 3 N–H and O–H groups in total. The van der Waals surface area contributed by atoms with E-state index in [1.165, 1.54) is 19.2 Å². The molecule has 0 saturated heterocycles. The lowest BCUT2D eigenvalue weighted by Crippen LogP contribution is -2.07. The number of nitrogens with one attached hydrogen (secondary N) is 1. The van der Waals surface area contributed by atoms with E-state index >= 15 is 0 Å². The largest absolute Gasteiger partial charge is 0.465 e. The lowest BCUT2D eigenvalue weighted by atomic mass is 10.1. The van der Waals surface area contributed by atoms with Crippen molar-refractivity contribution < 1.29 is 9.53 Å². The van der Waals surface area contributed by atoms with E-state index in [1.807, 2.05) is 6.07 Å². The van der Waals surface area contributed by atoms with Crippen LogP contribution in [0.1, 0.15) is 15.9 Å². The van der Waals surface area contributed by atoms with Gasteiger partial charge in [0.05, 0.1) is 35.0 Å². The average Bonchev–Trinajstić information content (AvgIpc) is 2.49. The molecule has 21 heavy (non-hydrogen) atoms. The Balaban J connectivity index is 2.48. The summed E-state index contributed by atoms with van der Waals surface area (Å²) in [7, 11) is 1.28. The second-order valence-electron chi connectivity index (χ2n) is 4.23. The molecule has 6 heteroatoms. The second-order valence-corrected chi connectivity index (χ2v) is 4.64. The zero-order valence-electron chi connectivity index (χ0n) is 11.2. The molecule has 0 aromatic heterocycles. The summed E-state index contributed by atoms with van der Waals surface area (Å²) in [6.07, 6.45) is 0. The number of halogens is 1. The quantitative estimate of drug-likeness (QED) is 0.670. The first-order valence-corrected chi connectivity index (χ1v) is 6.37. The molecule has 0 atom stereocenters. The van der Waals surface area contributed by atoms with E-state index in [4.69, 9.17) is 27.3 Å². The van der Waals surface area contributed by atoms with Gasteiger partial charge in [-0.25, -0.2) is 4.79 Å². The van der Waals surface area contributed by atoms with E-state index in [0.717, 1.165) is 0 Å². The topological polar surface area (TPSA) is 88.1 Å². The maximum atomic E-state index is 11.8. The third kappa shape index (κ3) is 3.25. The van der Waals surface area contributed by atoms with Crippen LogP contribution in [0.15, 0.2) is 36.4 Å². The third-order valence-corrected chi connectivity index (χ3v) is 3.08. The van der Waals surface area contributed by atoms with E-state index in [1.54, 1.807) is 24.3 Å². The Bertz CT molecular complexity index is 738. The molecule has 5 nitrogen and oxygen atoms in total. The zero-order valence-corrected chi connectivity index (χ0v) is 11.9. The molecule has 0 heterocycles. The van der Waals surface area contributed by atoms with Crippen molar-refractivity contribution in [3.8, 4) is 6.07 Å². The second kappa shape index (κ2) is 6.16. The van der Waals surface area contributed by atoms with Crippen LogP contribution in [-0.2, 0) is 4.74 Å². The van der Waals surface area contributed by atoms with Gasteiger partial charge in [0.25, 0.3) is 0 Å². The molecule has 0 amide bonds. The predicted octanol–water partition coefficient (Wildman–Crippen LogP) is 3.32. The van der Waals surface area contributed by atoms with Crippen molar-refractivity contribution in [1.29, 1.82) is 5.26 Å². The van der Waals surface area contributed by atoms with Crippen LogP contribution >= 0.6 is 11.6 Å². The number of nitrogens with two attached hydrogens (primary N) is 1. The highest BCUT2D eigenvalue weighted by Gasteiger charge is 2.16. The van der Waals surface area contributed by atoms with Gasteiger partial charge in [0.15, 0.2) is 0 Å². The summed E-state index contributed by atoms with van der Waals surface area (Å²) in [4.78, 5) is 11.8. The number of esters is 1. The van der Waals surface area contributed by atoms with Gasteiger partial charge < -0.3 is 15.8 Å². The van der Waals surface area contributed by atoms with Gasteiger partial charge in [-0.2, -0.15) is 5.26 Å². The molecule has 106 valence electrons. The van der Waals surface area contributed by atoms with Crippen molar-refractivity contribution in [2.45, 2.75) is 0 Å². The summed E-state index contributed by atoms with van der Waals surface area (Å²) in [5.41, 5.74) is 7.79. The summed E-state index contributed by atoms with van der Waals surface area (Å²) in [6.45, 7) is 0. The predicted molar refractivity (Wildman–Crippen MR) is 81.6 cm³/mol. The number of benzene rings is 2. The molecule has 2 rings (SSSR count).